The molecule has 1 aromatic heterocycles. The van der Waals surface area contributed by atoms with Crippen molar-refractivity contribution >= 4 is 29.9 Å². The number of aryl methyl sites for hydroxylation is 1. The number of guanidine groups is 1. The van der Waals surface area contributed by atoms with Crippen LogP contribution in [0.4, 0.5) is 0 Å². The molecule has 0 saturated heterocycles. The second-order valence-corrected chi connectivity index (χ2v) is 6.96. The number of benzene rings is 1. The summed E-state index contributed by atoms with van der Waals surface area (Å²) in [6, 6.07) is 10.4. The van der Waals surface area contributed by atoms with Crippen LogP contribution in [0.5, 0.6) is 0 Å². The molecule has 2 rings (SSSR count). The molecule has 0 aliphatic carbocycles. The molecule has 0 fully saturated rings. The Kier molecular flexibility index (Phi) is 12.6. The predicted octanol–water partition coefficient (Wildman–Crippen LogP) is 4.04. The molecule has 0 aliphatic rings. The summed E-state index contributed by atoms with van der Waals surface area (Å²) in [7, 11) is 1.80. The molecule has 29 heavy (non-hydrogen) atoms. The lowest BCUT2D eigenvalue weighted by Gasteiger charge is -2.12. The van der Waals surface area contributed by atoms with Gasteiger partial charge < -0.3 is 15.4 Å². The highest BCUT2D eigenvalue weighted by molar-refractivity contribution is 14.0. The molecule has 7 heteroatoms. The fraction of sp³-hybridized carbons (Fsp3) is 0.545. The molecule has 6 nitrogen and oxygen atoms in total. The van der Waals surface area contributed by atoms with E-state index in [-0.39, 0.29) is 24.0 Å². The lowest BCUT2D eigenvalue weighted by atomic mass is 10.2. The van der Waals surface area contributed by atoms with Gasteiger partial charge in [0.1, 0.15) is 0 Å². The fourth-order valence-electron chi connectivity index (χ4n) is 3.02. The van der Waals surface area contributed by atoms with E-state index in [1.54, 1.807) is 7.05 Å². The fourth-order valence-corrected chi connectivity index (χ4v) is 3.02. The third kappa shape index (κ3) is 8.74. The Balaban J connectivity index is 0.00000420. The van der Waals surface area contributed by atoms with Gasteiger partial charge >= 0.3 is 0 Å². The van der Waals surface area contributed by atoms with Crippen LogP contribution in [-0.2, 0) is 17.8 Å². The predicted molar refractivity (Wildman–Crippen MR) is 131 cm³/mol. The number of hydrogen-bond acceptors (Lipinski definition) is 3. The SMILES string of the molecule is CCCCOCCCNC(=NC)NCc1c(C)nn(Cc2ccccc2)c1C.I. The highest BCUT2D eigenvalue weighted by Gasteiger charge is 2.12. The van der Waals surface area contributed by atoms with Gasteiger partial charge in [-0.2, -0.15) is 5.10 Å². The van der Waals surface area contributed by atoms with E-state index in [9.17, 15) is 0 Å². The van der Waals surface area contributed by atoms with E-state index in [4.69, 9.17) is 9.84 Å². The van der Waals surface area contributed by atoms with Crippen LogP contribution in [0, 0.1) is 13.8 Å². The summed E-state index contributed by atoms with van der Waals surface area (Å²) in [5.41, 5.74) is 4.72. The van der Waals surface area contributed by atoms with Crippen molar-refractivity contribution in [3.63, 3.8) is 0 Å². The summed E-state index contributed by atoms with van der Waals surface area (Å²) in [6.45, 7) is 10.4. The number of nitrogens with zero attached hydrogens (tertiary/aromatic N) is 3. The van der Waals surface area contributed by atoms with Crippen molar-refractivity contribution < 1.29 is 4.74 Å². The summed E-state index contributed by atoms with van der Waals surface area (Å²) in [6.07, 6.45) is 3.28. The average molecular weight is 513 g/mol. The molecule has 2 aromatic rings. The minimum absolute atomic E-state index is 0. The quantitative estimate of drug-likeness (QED) is 0.206. The number of halogens is 1. The first kappa shape index (κ1) is 25.4. The first-order valence-corrected chi connectivity index (χ1v) is 10.2. The molecule has 0 saturated carbocycles. The zero-order valence-electron chi connectivity index (χ0n) is 18.2. The van der Waals surface area contributed by atoms with Crippen LogP contribution >= 0.6 is 24.0 Å². The van der Waals surface area contributed by atoms with Gasteiger partial charge in [-0.15, -0.1) is 24.0 Å². The van der Waals surface area contributed by atoms with E-state index in [0.717, 1.165) is 50.8 Å². The van der Waals surface area contributed by atoms with Crippen LogP contribution < -0.4 is 10.6 Å². The Bertz CT molecular complexity index is 730. The lowest BCUT2D eigenvalue weighted by Crippen LogP contribution is -2.37. The summed E-state index contributed by atoms with van der Waals surface area (Å²) in [5, 5.41) is 11.5. The van der Waals surface area contributed by atoms with Gasteiger partial charge in [0.25, 0.3) is 0 Å². The Labute approximate surface area is 192 Å². The normalized spacial score (nSPS) is 11.2. The Morgan fingerprint density at radius 2 is 1.83 bits per heavy atom. The molecule has 0 unspecified atom stereocenters. The van der Waals surface area contributed by atoms with Gasteiger partial charge in [-0.25, -0.2) is 0 Å². The van der Waals surface area contributed by atoms with E-state index in [2.05, 4.69) is 65.3 Å². The van der Waals surface area contributed by atoms with E-state index < -0.39 is 0 Å². The van der Waals surface area contributed by atoms with Crippen LogP contribution in [0.25, 0.3) is 0 Å². The third-order valence-electron chi connectivity index (χ3n) is 4.76. The molecule has 0 spiro atoms. The number of ether oxygens (including phenoxy) is 1. The Morgan fingerprint density at radius 3 is 2.52 bits per heavy atom. The molecule has 0 atom stereocenters. The van der Waals surface area contributed by atoms with E-state index in [1.165, 1.54) is 23.2 Å². The van der Waals surface area contributed by atoms with Crippen molar-refractivity contribution in [1.82, 2.24) is 20.4 Å². The second-order valence-electron chi connectivity index (χ2n) is 6.96. The van der Waals surface area contributed by atoms with Crippen molar-refractivity contribution in [2.45, 2.75) is 53.1 Å². The van der Waals surface area contributed by atoms with Crippen LogP contribution in [0.1, 0.15) is 48.7 Å². The highest BCUT2D eigenvalue weighted by atomic mass is 127. The third-order valence-corrected chi connectivity index (χ3v) is 4.76. The molecule has 2 N–H and O–H groups in total. The van der Waals surface area contributed by atoms with Crippen molar-refractivity contribution in [1.29, 1.82) is 0 Å². The summed E-state index contributed by atoms with van der Waals surface area (Å²) in [5.74, 6) is 0.808. The first-order chi connectivity index (χ1) is 13.7. The van der Waals surface area contributed by atoms with E-state index in [1.807, 2.05) is 6.07 Å². The van der Waals surface area contributed by atoms with Crippen LogP contribution in [0.15, 0.2) is 35.3 Å². The maximum absolute atomic E-state index is 5.59. The maximum Gasteiger partial charge on any atom is 0.191 e. The second kappa shape index (κ2) is 14.4. The molecular weight excluding hydrogens is 477 g/mol. The molecule has 0 amide bonds. The zero-order valence-corrected chi connectivity index (χ0v) is 20.5. The summed E-state index contributed by atoms with van der Waals surface area (Å²) >= 11 is 0. The van der Waals surface area contributed by atoms with Gasteiger partial charge in [0.15, 0.2) is 5.96 Å². The van der Waals surface area contributed by atoms with Gasteiger partial charge in [-0.3, -0.25) is 9.67 Å². The van der Waals surface area contributed by atoms with Crippen LogP contribution in [-0.4, -0.2) is 42.5 Å². The van der Waals surface area contributed by atoms with E-state index >= 15 is 0 Å². The minimum atomic E-state index is 0. The molecule has 162 valence electrons. The lowest BCUT2D eigenvalue weighted by molar-refractivity contribution is 0.129. The van der Waals surface area contributed by atoms with Crippen LogP contribution in [0.2, 0.25) is 0 Å². The van der Waals surface area contributed by atoms with Crippen molar-refractivity contribution in [3.05, 3.63) is 52.8 Å². The summed E-state index contributed by atoms with van der Waals surface area (Å²) < 4.78 is 7.67. The first-order valence-electron chi connectivity index (χ1n) is 10.2. The maximum atomic E-state index is 5.59. The molecule has 0 radical (unpaired) electrons. The largest absolute Gasteiger partial charge is 0.381 e. The molecule has 1 aromatic carbocycles. The van der Waals surface area contributed by atoms with Crippen molar-refractivity contribution in [2.75, 3.05) is 26.8 Å². The smallest absolute Gasteiger partial charge is 0.191 e. The van der Waals surface area contributed by atoms with Gasteiger partial charge in [-0.1, -0.05) is 43.7 Å². The molecule has 0 bridgehead atoms. The van der Waals surface area contributed by atoms with Gasteiger partial charge in [0.05, 0.1) is 12.2 Å². The van der Waals surface area contributed by atoms with Gasteiger partial charge in [0.2, 0.25) is 0 Å². The Morgan fingerprint density at radius 1 is 1.10 bits per heavy atom. The molecule has 1 heterocycles. The molecular formula is C22H36IN5O. The van der Waals surface area contributed by atoms with Crippen molar-refractivity contribution in [2.24, 2.45) is 4.99 Å². The minimum Gasteiger partial charge on any atom is -0.381 e. The van der Waals surface area contributed by atoms with Crippen LogP contribution in [0.3, 0.4) is 0 Å². The topological polar surface area (TPSA) is 63.5 Å². The highest BCUT2D eigenvalue weighted by Crippen LogP contribution is 2.14. The number of unbranched alkanes of at least 4 members (excludes halogenated alkanes) is 1. The monoisotopic (exact) mass is 513 g/mol. The number of rotatable bonds is 11. The number of aromatic nitrogens is 2. The van der Waals surface area contributed by atoms with Gasteiger partial charge in [-0.05, 0) is 32.3 Å². The summed E-state index contributed by atoms with van der Waals surface area (Å²) in [4.78, 5) is 4.31. The van der Waals surface area contributed by atoms with E-state index in [0.29, 0.717) is 6.54 Å². The number of aliphatic imine (C=N–C) groups is 1. The number of hydrogen-bond donors (Lipinski definition) is 2. The standard InChI is InChI=1S/C22H35N5O.HI/c1-5-6-14-28-15-10-13-24-22(23-4)25-16-21-18(2)26-27(19(21)3)17-20-11-8-7-9-12-20;/h7-9,11-12H,5-6,10,13-17H2,1-4H3,(H2,23,24,25);1H. The number of nitrogens with one attached hydrogen (secondary N) is 2. The molecule has 0 aliphatic heterocycles. The zero-order chi connectivity index (χ0) is 20.2. The average Bonchev–Trinajstić information content (AvgIpc) is 2.97. The van der Waals surface area contributed by atoms with Crippen molar-refractivity contribution in [3.8, 4) is 0 Å². The Hall–Kier alpha value is -1.61. The van der Waals surface area contributed by atoms with Gasteiger partial charge in [0, 0.05) is 44.6 Å².